The first kappa shape index (κ1) is 14.1. The molecular formula is C17H27N3. The molecule has 0 aromatic heterocycles. The third-order valence-corrected chi connectivity index (χ3v) is 4.90. The molecule has 0 spiro atoms. The molecule has 1 N–H and O–H groups in total. The maximum absolute atomic E-state index is 3.72. The van der Waals surface area contributed by atoms with Crippen molar-refractivity contribution in [2.24, 2.45) is 5.92 Å². The Morgan fingerprint density at radius 2 is 2.05 bits per heavy atom. The zero-order valence-corrected chi connectivity index (χ0v) is 12.8. The fraction of sp³-hybridized carbons (Fsp3) is 0.647. The van der Waals surface area contributed by atoms with Crippen LogP contribution < -0.4 is 5.32 Å². The van der Waals surface area contributed by atoms with E-state index in [0.29, 0.717) is 0 Å². The Morgan fingerprint density at radius 3 is 2.75 bits per heavy atom. The molecule has 3 heteroatoms. The maximum Gasteiger partial charge on any atom is 0.0535 e. The average Bonchev–Trinajstić information content (AvgIpc) is 2.85. The standard InChI is InChI=1S/C17H27N3/c1-17(16-6-4-3-5-7-16)14-20(11-9-18-17)13-15-8-10-19(2)12-15/h3-7,15,18H,8-14H2,1-2H3. The SMILES string of the molecule is CN1CCC(CN2CCNC(C)(c3ccccc3)C2)C1. The van der Waals surface area contributed by atoms with Gasteiger partial charge in [-0.05, 0) is 38.4 Å². The summed E-state index contributed by atoms with van der Waals surface area (Å²) in [6, 6.07) is 10.9. The lowest BCUT2D eigenvalue weighted by Crippen LogP contribution is -2.57. The summed E-state index contributed by atoms with van der Waals surface area (Å²) in [6.07, 6.45) is 1.36. The largest absolute Gasteiger partial charge is 0.306 e. The number of nitrogens with one attached hydrogen (secondary N) is 1. The summed E-state index contributed by atoms with van der Waals surface area (Å²) in [5.41, 5.74) is 1.51. The number of piperazine rings is 1. The molecule has 2 saturated heterocycles. The van der Waals surface area contributed by atoms with Gasteiger partial charge in [-0.25, -0.2) is 0 Å². The Labute approximate surface area is 123 Å². The normalized spacial score (nSPS) is 32.6. The van der Waals surface area contributed by atoms with Crippen LogP contribution in [-0.4, -0.2) is 56.1 Å². The van der Waals surface area contributed by atoms with Crippen molar-refractivity contribution in [3.63, 3.8) is 0 Å². The third-order valence-electron chi connectivity index (χ3n) is 4.90. The van der Waals surface area contributed by atoms with Crippen LogP contribution >= 0.6 is 0 Å². The van der Waals surface area contributed by atoms with Crippen LogP contribution in [0.5, 0.6) is 0 Å². The summed E-state index contributed by atoms with van der Waals surface area (Å²) in [6.45, 7) is 9.54. The first-order valence-electron chi connectivity index (χ1n) is 7.87. The topological polar surface area (TPSA) is 18.5 Å². The van der Waals surface area contributed by atoms with Gasteiger partial charge in [-0.3, -0.25) is 4.90 Å². The Balaban J connectivity index is 1.64. The Kier molecular flexibility index (Phi) is 4.11. The number of nitrogens with zero attached hydrogens (tertiary/aromatic N) is 2. The van der Waals surface area contributed by atoms with E-state index in [4.69, 9.17) is 0 Å². The highest BCUT2D eigenvalue weighted by molar-refractivity contribution is 5.24. The molecule has 1 aromatic carbocycles. The molecule has 110 valence electrons. The summed E-state index contributed by atoms with van der Waals surface area (Å²) in [5.74, 6) is 0.859. The van der Waals surface area contributed by atoms with Gasteiger partial charge in [-0.15, -0.1) is 0 Å². The van der Waals surface area contributed by atoms with Crippen LogP contribution in [0, 0.1) is 5.92 Å². The van der Waals surface area contributed by atoms with Crippen LogP contribution in [0.4, 0.5) is 0 Å². The van der Waals surface area contributed by atoms with Gasteiger partial charge in [0.15, 0.2) is 0 Å². The van der Waals surface area contributed by atoms with Crippen LogP contribution in [0.2, 0.25) is 0 Å². The van der Waals surface area contributed by atoms with E-state index >= 15 is 0 Å². The van der Waals surface area contributed by atoms with Crippen LogP contribution in [0.3, 0.4) is 0 Å². The van der Waals surface area contributed by atoms with Gasteiger partial charge in [-0.1, -0.05) is 30.3 Å². The molecule has 0 saturated carbocycles. The molecule has 0 amide bonds. The molecule has 2 fully saturated rings. The van der Waals surface area contributed by atoms with Gasteiger partial charge in [0.05, 0.1) is 5.54 Å². The molecule has 0 aliphatic carbocycles. The van der Waals surface area contributed by atoms with E-state index in [1.54, 1.807) is 0 Å². The van der Waals surface area contributed by atoms with Gasteiger partial charge in [-0.2, -0.15) is 0 Å². The van der Waals surface area contributed by atoms with Crippen molar-refractivity contribution in [1.29, 1.82) is 0 Å². The molecule has 1 aromatic rings. The summed E-state index contributed by atoms with van der Waals surface area (Å²) >= 11 is 0. The number of hydrogen-bond acceptors (Lipinski definition) is 3. The van der Waals surface area contributed by atoms with E-state index in [9.17, 15) is 0 Å². The molecule has 3 nitrogen and oxygen atoms in total. The monoisotopic (exact) mass is 273 g/mol. The lowest BCUT2D eigenvalue weighted by molar-refractivity contribution is 0.125. The first-order valence-corrected chi connectivity index (χ1v) is 7.87. The van der Waals surface area contributed by atoms with Crippen LogP contribution in [-0.2, 0) is 5.54 Å². The zero-order chi connectivity index (χ0) is 14.0. The van der Waals surface area contributed by atoms with Crippen molar-refractivity contribution < 1.29 is 0 Å². The number of rotatable bonds is 3. The Bertz CT molecular complexity index is 433. The summed E-state index contributed by atoms with van der Waals surface area (Å²) in [5, 5.41) is 3.72. The highest BCUT2D eigenvalue weighted by Gasteiger charge is 2.33. The van der Waals surface area contributed by atoms with Crippen LogP contribution in [0.1, 0.15) is 18.9 Å². The minimum atomic E-state index is 0.101. The van der Waals surface area contributed by atoms with E-state index in [1.807, 2.05) is 0 Å². The van der Waals surface area contributed by atoms with Crippen molar-refractivity contribution in [2.75, 3.05) is 46.3 Å². The lowest BCUT2D eigenvalue weighted by Gasteiger charge is -2.42. The predicted molar refractivity (Wildman–Crippen MR) is 83.8 cm³/mol. The lowest BCUT2D eigenvalue weighted by atomic mass is 9.89. The smallest absolute Gasteiger partial charge is 0.0535 e. The number of benzene rings is 1. The van der Waals surface area contributed by atoms with Crippen molar-refractivity contribution in [2.45, 2.75) is 18.9 Å². The van der Waals surface area contributed by atoms with Crippen molar-refractivity contribution in [3.8, 4) is 0 Å². The summed E-state index contributed by atoms with van der Waals surface area (Å²) in [7, 11) is 2.24. The second-order valence-corrected chi connectivity index (χ2v) is 6.78. The minimum absolute atomic E-state index is 0.101. The zero-order valence-electron chi connectivity index (χ0n) is 12.8. The molecule has 3 rings (SSSR count). The summed E-state index contributed by atoms with van der Waals surface area (Å²) < 4.78 is 0. The molecule has 20 heavy (non-hydrogen) atoms. The first-order chi connectivity index (χ1) is 9.66. The fourth-order valence-corrected chi connectivity index (χ4v) is 3.77. The van der Waals surface area contributed by atoms with E-state index in [1.165, 1.54) is 38.2 Å². The second kappa shape index (κ2) is 5.84. The van der Waals surface area contributed by atoms with Gasteiger partial charge < -0.3 is 10.2 Å². The molecule has 2 heterocycles. The second-order valence-electron chi connectivity index (χ2n) is 6.78. The summed E-state index contributed by atoms with van der Waals surface area (Å²) in [4.78, 5) is 5.12. The fourth-order valence-electron chi connectivity index (χ4n) is 3.77. The number of likely N-dealkylation sites (tertiary alicyclic amines) is 1. The van der Waals surface area contributed by atoms with Crippen molar-refractivity contribution in [1.82, 2.24) is 15.1 Å². The molecular weight excluding hydrogens is 246 g/mol. The van der Waals surface area contributed by atoms with Crippen molar-refractivity contribution >= 4 is 0 Å². The number of hydrogen-bond donors (Lipinski definition) is 1. The maximum atomic E-state index is 3.72. The minimum Gasteiger partial charge on any atom is -0.306 e. The molecule has 2 atom stereocenters. The highest BCUT2D eigenvalue weighted by Crippen LogP contribution is 2.25. The van der Waals surface area contributed by atoms with E-state index < -0.39 is 0 Å². The van der Waals surface area contributed by atoms with Gasteiger partial charge in [0, 0.05) is 32.7 Å². The third kappa shape index (κ3) is 3.05. The van der Waals surface area contributed by atoms with E-state index in [2.05, 4.69) is 59.4 Å². The molecule has 2 aliphatic heterocycles. The van der Waals surface area contributed by atoms with Gasteiger partial charge in [0.2, 0.25) is 0 Å². The highest BCUT2D eigenvalue weighted by atomic mass is 15.2. The van der Waals surface area contributed by atoms with Gasteiger partial charge in [0.25, 0.3) is 0 Å². The molecule has 0 radical (unpaired) electrons. The van der Waals surface area contributed by atoms with Gasteiger partial charge in [0.1, 0.15) is 0 Å². The van der Waals surface area contributed by atoms with Gasteiger partial charge >= 0.3 is 0 Å². The van der Waals surface area contributed by atoms with Crippen LogP contribution in [0.25, 0.3) is 0 Å². The average molecular weight is 273 g/mol. The quantitative estimate of drug-likeness (QED) is 0.905. The van der Waals surface area contributed by atoms with E-state index in [0.717, 1.165) is 19.0 Å². The Hall–Kier alpha value is -0.900. The predicted octanol–water partition coefficient (Wildman–Crippen LogP) is 1.76. The van der Waals surface area contributed by atoms with Crippen molar-refractivity contribution in [3.05, 3.63) is 35.9 Å². The Morgan fingerprint density at radius 1 is 1.25 bits per heavy atom. The van der Waals surface area contributed by atoms with E-state index in [-0.39, 0.29) is 5.54 Å². The molecule has 2 aliphatic rings. The van der Waals surface area contributed by atoms with Crippen LogP contribution in [0.15, 0.2) is 30.3 Å². The molecule has 2 unspecified atom stereocenters. The molecule has 0 bridgehead atoms.